The second kappa shape index (κ2) is 11.4. The highest BCUT2D eigenvalue weighted by molar-refractivity contribution is 9.10. The Hall–Kier alpha value is -1.79. The Kier molecular flexibility index (Phi) is 9.24. The quantitative estimate of drug-likeness (QED) is 0.562. The van der Waals surface area contributed by atoms with Gasteiger partial charge in [0.1, 0.15) is 6.04 Å². The topological polar surface area (TPSA) is 49.4 Å². The number of carbonyl (C=O) groups excluding carboxylic acids is 2. The summed E-state index contributed by atoms with van der Waals surface area (Å²) in [6.07, 6.45) is 0. The molecule has 0 aliphatic rings. The first-order valence-corrected chi connectivity index (χ1v) is 11.7. The molecule has 0 aliphatic carbocycles. The molecule has 0 saturated carbocycles. The molecule has 156 valence electrons. The highest BCUT2D eigenvalue weighted by Crippen LogP contribution is 2.19. The molecule has 0 spiro atoms. The molecule has 2 rings (SSSR count). The van der Waals surface area contributed by atoms with Crippen molar-refractivity contribution >= 4 is 39.5 Å². The van der Waals surface area contributed by atoms with Crippen LogP contribution in [0.2, 0.25) is 0 Å². The van der Waals surface area contributed by atoms with Crippen molar-refractivity contribution in [2.75, 3.05) is 12.3 Å². The van der Waals surface area contributed by atoms with Gasteiger partial charge in [-0.05, 0) is 51.0 Å². The molecule has 0 aliphatic heterocycles. The predicted octanol–water partition coefficient (Wildman–Crippen LogP) is 4.85. The van der Waals surface area contributed by atoms with Crippen LogP contribution in [0.15, 0.2) is 46.9 Å². The Morgan fingerprint density at radius 3 is 2.28 bits per heavy atom. The van der Waals surface area contributed by atoms with Gasteiger partial charge in [-0.2, -0.15) is 0 Å². The summed E-state index contributed by atoms with van der Waals surface area (Å²) in [5.41, 5.74) is 4.68. The smallest absolute Gasteiger partial charge is 0.242 e. The van der Waals surface area contributed by atoms with Crippen molar-refractivity contribution in [1.29, 1.82) is 0 Å². The van der Waals surface area contributed by atoms with Crippen molar-refractivity contribution in [1.82, 2.24) is 10.2 Å². The highest BCUT2D eigenvalue weighted by atomic mass is 79.9. The zero-order chi connectivity index (χ0) is 21.4. The third kappa shape index (κ3) is 7.52. The van der Waals surface area contributed by atoms with Crippen LogP contribution in [0.5, 0.6) is 0 Å². The number of aryl methyl sites for hydroxylation is 2. The zero-order valence-corrected chi connectivity index (χ0v) is 19.9. The van der Waals surface area contributed by atoms with Gasteiger partial charge in [0, 0.05) is 23.3 Å². The van der Waals surface area contributed by atoms with Crippen LogP contribution in [0.1, 0.15) is 36.1 Å². The number of hydrogen-bond acceptors (Lipinski definition) is 3. The summed E-state index contributed by atoms with van der Waals surface area (Å²) in [4.78, 5) is 27.1. The number of rotatable bonds is 9. The normalized spacial score (nSPS) is 11.8. The average Bonchev–Trinajstić information content (AvgIpc) is 2.66. The highest BCUT2D eigenvalue weighted by Gasteiger charge is 2.25. The van der Waals surface area contributed by atoms with Gasteiger partial charge in [0.25, 0.3) is 0 Å². The van der Waals surface area contributed by atoms with Gasteiger partial charge in [-0.1, -0.05) is 57.4 Å². The van der Waals surface area contributed by atoms with Gasteiger partial charge in [-0.3, -0.25) is 9.59 Å². The predicted molar refractivity (Wildman–Crippen MR) is 125 cm³/mol. The van der Waals surface area contributed by atoms with Crippen LogP contribution < -0.4 is 5.32 Å². The van der Waals surface area contributed by atoms with Crippen molar-refractivity contribution < 1.29 is 9.59 Å². The fourth-order valence-electron chi connectivity index (χ4n) is 3.18. The molecular formula is C23H29BrN2O2S. The largest absolute Gasteiger partial charge is 0.355 e. The van der Waals surface area contributed by atoms with Gasteiger partial charge in [-0.25, -0.2) is 0 Å². The van der Waals surface area contributed by atoms with Gasteiger partial charge < -0.3 is 10.2 Å². The molecule has 0 fully saturated rings. The molecule has 1 atom stereocenters. The van der Waals surface area contributed by atoms with E-state index < -0.39 is 6.04 Å². The number of carbonyl (C=O) groups is 2. The van der Waals surface area contributed by atoms with Crippen LogP contribution in [0.3, 0.4) is 0 Å². The Balaban J connectivity index is 2.06. The summed E-state index contributed by atoms with van der Waals surface area (Å²) in [7, 11) is 0. The number of nitrogens with one attached hydrogen (secondary N) is 1. The van der Waals surface area contributed by atoms with E-state index in [1.165, 1.54) is 16.7 Å². The van der Waals surface area contributed by atoms with Crippen molar-refractivity contribution in [3.05, 3.63) is 69.2 Å². The second-order valence-electron chi connectivity index (χ2n) is 7.21. The summed E-state index contributed by atoms with van der Waals surface area (Å²) >= 11 is 5.02. The number of nitrogens with zero attached hydrogens (tertiary/aromatic N) is 1. The van der Waals surface area contributed by atoms with Crippen LogP contribution in [-0.2, 0) is 21.9 Å². The van der Waals surface area contributed by atoms with Gasteiger partial charge in [0.2, 0.25) is 11.8 Å². The number of benzene rings is 2. The summed E-state index contributed by atoms with van der Waals surface area (Å²) in [5, 5.41) is 2.82. The van der Waals surface area contributed by atoms with E-state index >= 15 is 0 Å². The minimum Gasteiger partial charge on any atom is -0.355 e. The SMILES string of the molecule is CCNC(=O)[C@@H](C)N(Cc1ccc(Br)cc1)C(=O)CSCc1cc(C)cc(C)c1. The first-order valence-electron chi connectivity index (χ1n) is 9.76. The fraction of sp³-hybridized carbons (Fsp3) is 0.391. The van der Waals surface area contributed by atoms with Crippen LogP contribution >= 0.6 is 27.7 Å². The van der Waals surface area contributed by atoms with Crippen LogP contribution in [0.4, 0.5) is 0 Å². The first-order chi connectivity index (χ1) is 13.8. The van der Waals surface area contributed by atoms with Gasteiger partial charge in [0.15, 0.2) is 0 Å². The van der Waals surface area contributed by atoms with Crippen LogP contribution in [-0.4, -0.2) is 35.1 Å². The summed E-state index contributed by atoms with van der Waals surface area (Å²) < 4.78 is 0.986. The van der Waals surface area contributed by atoms with E-state index in [0.717, 1.165) is 15.8 Å². The Bertz CT molecular complexity index is 819. The molecule has 0 radical (unpaired) electrons. The lowest BCUT2D eigenvalue weighted by molar-refractivity contribution is -0.138. The van der Waals surface area contributed by atoms with E-state index in [9.17, 15) is 9.59 Å². The van der Waals surface area contributed by atoms with E-state index in [1.54, 1.807) is 23.6 Å². The van der Waals surface area contributed by atoms with Gasteiger partial charge in [-0.15, -0.1) is 11.8 Å². The van der Waals surface area contributed by atoms with Crippen molar-refractivity contribution in [2.45, 2.75) is 46.0 Å². The molecule has 6 heteroatoms. The molecule has 29 heavy (non-hydrogen) atoms. The number of halogens is 1. The molecule has 4 nitrogen and oxygen atoms in total. The summed E-state index contributed by atoms with van der Waals surface area (Å²) in [5.74, 6) is 0.960. The summed E-state index contributed by atoms with van der Waals surface area (Å²) in [6, 6.07) is 13.8. The van der Waals surface area contributed by atoms with Gasteiger partial charge in [0.05, 0.1) is 5.75 Å². The molecule has 1 N–H and O–H groups in total. The zero-order valence-electron chi connectivity index (χ0n) is 17.5. The molecular weight excluding hydrogens is 448 g/mol. The standard InChI is InChI=1S/C23H29BrN2O2S/c1-5-25-23(28)18(4)26(13-19-6-8-21(24)9-7-19)22(27)15-29-14-20-11-16(2)10-17(3)12-20/h6-12,18H,5,13-15H2,1-4H3,(H,25,28)/t18-/m1/s1. The molecule has 2 aromatic rings. The third-order valence-electron chi connectivity index (χ3n) is 4.56. The second-order valence-corrected chi connectivity index (χ2v) is 9.11. The molecule has 0 unspecified atom stereocenters. The minimum atomic E-state index is -0.520. The number of hydrogen-bond donors (Lipinski definition) is 1. The average molecular weight is 477 g/mol. The Labute approximate surface area is 186 Å². The lowest BCUT2D eigenvalue weighted by Gasteiger charge is -2.28. The van der Waals surface area contributed by atoms with E-state index in [4.69, 9.17) is 0 Å². The Morgan fingerprint density at radius 2 is 1.69 bits per heavy atom. The maximum absolute atomic E-state index is 13.0. The Morgan fingerprint density at radius 1 is 1.07 bits per heavy atom. The van der Waals surface area contributed by atoms with Crippen molar-refractivity contribution in [3.63, 3.8) is 0 Å². The molecule has 2 aromatic carbocycles. The van der Waals surface area contributed by atoms with Crippen molar-refractivity contribution in [3.8, 4) is 0 Å². The molecule has 0 heterocycles. The van der Waals surface area contributed by atoms with E-state index in [-0.39, 0.29) is 11.8 Å². The van der Waals surface area contributed by atoms with Crippen LogP contribution in [0.25, 0.3) is 0 Å². The first kappa shape index (κ1) is 23.5. The molecule has 0 aromatic heterocycles. The number of thioether (sulfide) groups is 1. The van der Waals surface area contributed by atoms with E-state index in [2.05, 4.69) is 53.3 Å². The van der Waals surface area contributed by atoms with Crippen LogP contribution in [0, 0.1) is 13.8 Å². The maximum Gasteiger partial charge on any atom is 0.242 e. The maximum atomic E-state index is 13.0. The summed E-state index contributed by atoms with van der Waals surface area (Å²) in [6.45, 7) is 8.79. The van der Waals surface area contributed by atoms with E-state index in [1.807, 2.05) is 31.2 Å². The van der Waals surface area contributed by atoms with Crippen molar-refractivity contribution in [2.24, 2.45) is 0 Å². The number of amides is 2. The third-order valence-corrected chi connectivity index (χ3v) is 6.08. The molecule has 0 bridgehead atoms. The minimum absolute atomic E-state index is 0.0268. The monoisotopic (exact) mass is 476 g/mol. The lowest BCUT2D eigenvalue weighted by atomic mass is 10.1. The fourth-order valence-corrected chi connectivity index (χ4v) is 4.29. The number of likely N-dealkylation sites (N-methyl/N-ethyl adjacent to an activating group) is 1. The lowest BCUT2D eigenvalue weighted by Crippen LogP contribution is -2.48. The molecule has 2 amide bonds. The molecule has 0 saturated heterocycles. The van der Waals surface area contributed by atoms with Gasteiger partial charge >= 0.3 is 0 Å². The van der Waals surface area contributed by atoms with E-state index in [0.29, 0.717) is 18.8 Å².